The minimum absolute atomic E-state index is 0.0994. The molecular weight excluding hydrogens is 354 g/mol. The van der Waals surface area contributed by atoms with E-state index < -0.39 is 6.10 Å². The molecule has 0 aliphatic rings. The molecule has 4 heteroatoms. The molecule has 23 heavy (non-hydrogen) atoms. The van der Waals surface area contributed by atoms with Crippen molar-refractivity contribution in [3.8, 4) is 5.75 Å². The summed E-state index contributed by atoms with van der Waals surface area (Å²) in [5.74, 6) is 0.512. The van der Waals surface area contributed by atoms with Gasteiger partial charge < -0.3 is 10.1 Å². The third-order valence-electron chi connectivity index (χ3n) is 3.49. The number of halogens is 1. The Morgan fingerprint density at radius 1 is 1.13 bits per heavy atom. The van der Waals surface area contributed by atoms with Gasteiger partial charge in [-0.2, -0.15) is 0 Å². The molecule has 0 fully saturated rings. The van der Waals surface area contributed by atoms with Crippen LogP contribution in [0.1, 0.15) is 33.3 Å². The second-order valence-electron chi connectivity index (χ2n) is 6.53. The average molecular weight is 376 g/mol. The number of hydrogen-bond donors (Lipinski definition) is 1. The summed E-state index contributed by atoms with van der Waals surface area (Å²) in [6, 6.07) is 15.4. The van der Waals surface area contributed by atoms with Crippen molar-refractivity contribution in [1.29, 1.82) is 0 Å². The van der Waals surface area contributed by atoms with Crippen LogP contribution in [0.2, 0.25) is 0 Å². The Labute approximate surface area is 146 Å². The topological polar surface area (TPSA) is 38.3 Å². The van der Waals surface area contributed by atoms with Crippen LogP contribution in [0.4, 0.5) is 5.69 Å². The van der Waals surface area contributed by atoms with E-state index in [0.29, 0.717) is 5.75 Å². The molecule has 0 unspecified atom stereocenters. The molecule has 1 atom stereocenters. The molecule has 0 spiro atoms. The van der Waals surface area contributed by atoms with E-state index in [9.17, 15) is 4.79 Å². The van der Waals surface area contributed by atoms with E-state index in [4.69, 9.17) is 4.74 Å². The van der Waals surface area contributed by atoms with Crippen molar-refractivity contribution in [3.63, 3.8) is 0 Å². The molecule has 0 radical (unpaired) electrons. The van der Waals surface area contributed by atoms with E-state index in [0.717, 1.165) is 10.2 Å². The average Bonchev–Trinajstić information content (AvgIpc) is 2.46. The van der Waals surface area contributed by atoms with E-state index >= 15 is 0 Å². The number of anilines is 1. The molecule has 0 saturated carbocycles. The highest BCUT2D eigenvalue weighted by Crippen LogP contribution is 2.24. The zero-order valence-electron chi connectivity index (χ0n) is 13.9. The zero-order chi connectivity index (χ0) is 17.0. The summed E-state index contributed by atoms with van der Waals surface area (Å²) in [5.41, 5.74) is 2.07. The highest BCUT2D eigenvalue weighted by Gasteiger charge is 2.16. The van der Waals surface area contributed by atoms with E-state index in [2.05, 4.69) is 42.0 Å². The molecule has 2 aromatic carbocycles. The molecule has 0 heterocycles. The van der Waals surface area contributed by atoms with Crippen molar-refractivity contribution in [2.45, 2.75) is 39.2 Å². The van der Waals surface area contributed by atoms with Crippen molar-refractivity contribution in [2.75, 3.05) is 5.32 Å². The fourth-order valence-electron chi connectivity index (χ4n) is 2.10. The first-order chi connectivity index (χ1) is 10.8. The summed E-state index contributed by atoms with van der Waals surface area (Å²) in [4.78, 5) is 12.2. The maximum Gasteiger partial charge on any atom is 0.265 e. The van der Waals surface area contributed by atoms with Gasteiger partial charge in [-0.3, -0.25) is 4.79 Å². The van der Waals surface area contributed by atoms with Gasteiger partial charge >= 0.3 is 0 Å². The van der Waals surface area contributed by atoms with Crippen LogP contribution in [0.25, 0.3) is 0 Å². The van der Waals surface area contributed by atoms with Gasteiger partial charge in [-0.05, 0) is 48.2 Å². The van der Waals surface area contributed by atoms with Crippen molar-refractivity contribution < 1.29 is 9.53 Å². The maximum absolute atomic E-state index is 12.2. The Balaban J connectivity index is 1.98. The molecule has 0 aliphatic carbocycles. The van der Waals surface area contributed by atoms with Crippen LogP contribution in [-0.4, -0.2) is 12.0 Å². The third-order valence-corrected chi connectivity index (χ3v) is 3.99. The second kappa shape index (κ2) is 7.18. The van der Waals surface area contributed by atoms with Crippen LogP contribution in [0, 0.1) is 0 Å². The first kappa shape index (κ1) is 17.5. The van der Waals surface area contributed by atoms with Crippen LogP contribution < -0.4 is 10.1 Å². The summed E-state index contributed by atoms with van der Waals surface area (Å²) in [6.07, 6.45) is -0.575. The minimum Gasteiger partial charge on any atom is -0.481 e. The number of rotatable bonds is 4. The normalized spacial score (nSPS) is 12.6. The minimum atomic E-state index is -0.575. The van der Waals surface area contributed by atoms with Crippen molar-refractivity contribution in [3.05, 3.63) is 58.6 Å². The van der Waals surface area contributed by atoms with Gasteiger partial charge in [-0.25, -0.2) is 0 Å². The maximum atomic E-state index is 12.2. The van der Waals surface area contributed by atoms with Gasteiger partial charge in [0.2, 0.25) is 0 Å². The van der Waals surface area contributed by atoms with Crippen LogP contribution in [0.15, 0.2) is 53.0 Å². The smallest absolute Gasteiger partial charge is 0.265 e. The predicted octanol–water partition coefficient (Wildman–Crippen LogP) is 5.15. The lowest BCUT2D eigenvalue weighted by Gasteiger charge is -2.20. The van der Waals surface area contributed by atoms with Crippen LogP contribution in [0.3, 0.4) is 0 Å². The first-order valence-electron chi connectivity index (χ1n) is 7.59. The highest BCUT2D eigenvalue weighted by molar-refractivity contribution is 9.10. The Bertz CT molecular complexity index is 675. The summed E-state index contributed by atoms with van der Waals surface area (Å²) < 4.78 is 6.64. The number of hydrogen-bond acceptors (Lipinski definition) is 2. The monoisotopic (exact) mass is 375 g/mol. The number of carbonyl (C=O) groups excluding carboxylic acids is 1. The van der Waals surface area contributed by atoms with Gasteiger partial charge in [0.05, 0.1) is 0 Å². The van der Waals surface area contributed by atoms with Crippen molar-refractivity contribution >= 4 is 27.5 Å². The van der Waals surface area contributed by atoms with Gasteiger partial charge in [0.1, 0.15) is 5.75 Å². The molecule has 0 aromatic heterocycles. The number of nitrogens with one attached hydrogen (secondary N) is 1. The van der Waals surface area contributed by atoms with Gasteiger partial charge in [-0.15, -0.1) is 0 Å². The van der Waals surface area contributed by atoms with Crippen LogP contribution in [-0.2, 0) is 10.2 Å². The molecule has 0 bridgehead atoms. The predicted molar refractivity (Wildman–Crippen MR) is 98.0 cm³/mol. The van der Waals surface area contributed by atoms with E-state index in [-0.39, 0.29) is 11.3 Å². The van der Waals surface area contributed by atoms with Crippen LogP contribution >= 0.6 is 15.9 Å². The largest absolute Gasteiger partial charge is 0.481 e. The van der Waals surface area contributed by atoms with Gasteiger partial charge in [0, 0.05) is 10.2 Å². The number of amides is 1. The molecule has 0 saturated heterocycles. The summed E-state index contributed by atoms with van der Waals surface area (Å²) >= 11 is 3.38. The van der Waals surface area contributed by atoms with Gasteiger partial charge in [-0.1, -0.05) is 54.9 Å². The molecule has 0 aliphatic heterocycles. The summed E-state index contributed by atoms with van der Waals surface area (Å²) in [7, 11) is 0. The molecule has 2 rings (SSSR count). The Hall–Kier alpha value is -1.81. The lowest BCUT2D eigenvalue weighted by Crippen LogP contribution is -2.30. The Morgan fingerprint density at radius 3 is 2.35 bits per heavy atom. The van der Waals surface area contributed by atoms with E-state index in [1.54, 1.807) is 6.92 Å². The molecule has 3 nitrogen and oxygen atoms in total. The number of carbonyl (C=O) groups is 1. The number of ether oxygens (including phenoxy) is 1. The first-order valence-corrected chi connectivity index (χ1v) is 8.38. The quantitative estimate of drug-likeness (QED) is 0.801. The molecule has 1 N–H and O–H groups in total. The van der Waals surface area contributed by atoms with Crippen LogP contribution in [0.5, 0.6) is 5.75 Å². The fourth-order valence-corrected chi connectivity index (χ4v) is 2.50. The fraction of sp³-hybridized carbons (Fsp3) is 0.316. The third kappa shape index (κ3) is 5.10. The number of benzene rings is 2. The Kier molecular flexibility index (Phi) is 5.47. The highest BCUT2D eigenvalue weighted by atomic mass is 79.9. The Morgan fingerprint density at radius 2 is 1.78 bits per heavy atom. The SMILES string of the molecule is C[C@H](Oc1ccc(C(C)(C)C)cc1)C(=O)Nc1cccc(Br)c1. The van der Waals surface area contributed by atoms with Gasteiger partial charge in [0.15, 0.2) is 6.10 Å². The lowest BCUT2D eigenvalue weighted by molar-refractivity contribution is -0.122. The second-order valence-corrected chi connectivity index (χ2v) is 7.45. The molecule has 122 valence electrons. The van der Waals surface area contributed by atoms with Crippen molar-refractivity contribution in [1.82, 2.24) is 0 Å². The zero-order valence-corrected chi connectivity index (χ0v) is 15.5. The molecule has 1 amide bonds. The lowest BCUT2D eigenvalue weighted by atomic mass is 9.87. The van der Waals surface area contributed by atoms with E-state index in [1.165, 1.54) is 5.56 Å². The summed E-state index contributed by atoms with van der Waals surface area (Å²) in [6.45, 7) is 8.23. The molecular formula is C19H22BrNO2. The standard InChI is InChI=1S/C19H22BrNO2/c1-13(18(22)21-16-7-5-6-15(20)12-16)23-17-10-8-14(9-11-17)19(2,3)4/h5-13H,1-4H3,(H,21,22)/t13-/m0/s1. The van der Waals surface area contributed by atoms with Crippen molar-refractivity contribution in [2.24, 2.45) is 0 Å². The van der Waals surface area contributed by atoms with Gasteiger partial charge in [0.25, 0.3) is 5.91 Å². The van der Waals surface area contributed by atoms with E-state index in [1.807, 2.05) is 48.5 Å². The summed E-state index contributed by atoms with van der Waals surface area (Å²) in [5, 5.41) is 2.84. The molecule has 2 aromatic rings.